The van der Waals surface area contributed by atoms with Gasteiger partial charge in [0, 0.05) is 30.8 Å². The van der Waals surface area contributed by atoms with Crippen molar-refractivity contribution in [3.63, 3.8) is 0 Å². The molecule has 0 spiro atoms. The number of nitrogens with one attached hydrogen (secondary N) is 2. The molecule has 2 atom stereocenters. The molecule has 144 valence electrons. The Kier molecular flexibility index (Phi) is 7.02. The summed E-state index contributed by atoms with van der Waals surface area (Å²) in [7, 11) is 0. The van der Waals surface area contributed by atoms with Gasteiger partial charge in [0.1, 0.15) is 12.1 Å². The molecule has 4 N–H and O–H groups in total. The minimum Gasteiger partial charge on any atom is -0.354 e. The van der Waals surface area contributed by atoms with Gasteiger partial charge in [-0.1, -0.05) is 13.3 Å². The minimum atomic E-state index is -0.693. The number of nitrogens with two attached hydrogens (primary N) is 1. The maximum atomic E-state index is 12.0. The van der Waals surface area contributed by atoms with Crippen LogP contribution >= 0.6 is 12.4 Å². The monoisotopic (exact) mass is 382 g/mol. The molecule has 8 nitrogen and oxygen atoms in total. The van der Waals surface area contributed by atoms with Crippen molar-refractivity contribution in [1.82, 2.24) is 20.6 Å². The number of nitrogens with zero attached hydrogens (tertiary/aromatic N) is 3. The highest BCUT2D eigenvalue weighted by Gasteiger charge is 2.34. The van der Waals surface area contributed by atoms with Crippen molar-refractivity contribution in [2.24, 2.45) is 11.7 Å². The van der Waals surface area contributed by atoms with Gasteiger partial charge >= 0.3 is 6.03 Å². The lowest BCUT2D eigenvalue weighted by molar-refractivity contribution is -0.120. The number of carbonyl (C=O) groups is 2. The van der Waals surface area contributed by atoms with Crippen molar-refractivity contribution < 1.29 is 9.59 Å². The molecular weight excluding hydrogens is 356 g/mol. The first-order valence-corrected chi connectivity index (χ1v) is 8.96. The smallest absolute Gasteiger partial charge is 0.312 e. The van der Waals surface area contributed by atoms with E-state index in [1.165, 1.54) is 12.8 Å². The second kappa shape index (κ2) is 9.02. The standard InChI is InChI=1S/C17H26N6O2.ClH/c1-2-3-12-8-23(9-14(12)22-16(24)7-19-17(18)25)15-6-13(11-4-5-11)20-10-21-15;/h6,10-12,14H,2-5,7-9H2,1H3,(H,22,24)(H3,18,19,25);1H/t12-,14-;/m0./s1. The zero-order chi connectivity index (χ0) is 17.8. The minimum absolute atomic E-state index is 0. The molecule has 1 saturated carbocycles. The van der Waals surface area contributed by atoms with Crippen molar-refractivity contribution in [3.05, 3.63) is 18.1 Å². The van der Waals surface area contributed by atoms with Gasteiger partial charge in [0.15, 0.2) is 0 Å². The average molecular weight is 383 g/mol. The second-order valence-electron chi connectivity index (χ2n) is 6.92. The fraction of sp³-hybridized carbons (Fsp3) is 0.647. The highest BCUT2D eigenvalue weighted by Crippen LogP contribution is 2.39. The normalized spacial score (nSPS) is 21.8. The summed E-state index contributed by atoms with van der Waals surface area (Å²) in [6.07, 6.45) is 6.15. The summed E-state index contributed by atoms with van der Waals surface area (Å²) in [5.74, 6) is 1.67. The van der Waals surface area contributed by atoms with Crippen molar-refractivity contribution >= 4 is 30.2 Å². The molecule has 1 aliphatic heterocycles. The van der Waals surface area contributed by atoms with Crippen LogP contribution in [-0.2, 0) is 4.79 Å². The number of halogens is 1. The molecule has 9 heteroatoms. The molecule has 3 rings (SSSR count). The van der Waals surface area contributed by atoms with E-state index in [2.05, 4.69) is 38.5 Å². The molecule has 2 aliphatic rings. The van der Waals surface area contributed by atoms with Crippen molar-refractivity contribution in [1.29, 1.82) is 0 Å². The molecule has 0 radical (unpaired) electrons. The highest BCUT2D eigenvalue weighted by atomic mass is 35.5. The summed E-state index contributed by atoms with van der Waals surface area (Å²) in [6, 6.07) is 1.43. The summed E-state index contributed by atoms with van der Waals surface area (Å²) in [6.45, 7) is 3.63. The predicted molar refractivity (Wildman–Crippen MR) is 101 cm³/mol. The number of aromatic nitrogens is 2. The fourth-order valence-electron chi connectivity index (χ4n) is 3.45. The molecule has 0 unspecified atom stereocenters. The van der Waals surface area contributed by atoms with E-state index >= 15 is 0 Å². The molecule has 3 amide bonds. The van der Waals surface area contributed by atoms with Crippen molar-refractivity contribution in [2.75, 3.05) is 24.5 Å². The molecule has 1 saturated heterocycles. The number of carbonyl (C=O) groups excluding carboxylic acids is 2. The van der Waals surface area contributed by atoms with Gasteiger partial charge in [-0.05, 0) is 25.2 Å². The number of anilines is 1. The second-order valence-corrected chi connectivity index (χ2v) is 6.92. The summed E-state index contributed by atoms with van der Waals surface area (Å²) < 4.78 is 0. The summed E-state index contributed by atoms with van der Waals surface area (Å²) >= 11 is 0. The number of hydrogen-bond acceptors (Lipinski definition) is 5. The maximum absolute atomic E-state index is 12.0. The van der Waals surface area contributed by atoms with Crippen LogP contribution < -0.4 is 21.3 Å². The van der Waals surface area contributed by atoms with E-state index in [4.69, 9.17) is 5.73 Å². The molecule has 26 heavy (non-hydrogen) atoms. The van der Waals surface area contributed by atoms with Crippen LogP contribution in [0.4, 0.5) is 10.6 Å². The fourth-order valence-corrected chi connectivity index (χ4v) is 3.45. The summed E-state index contributed by atoms with van der Waals surface area (Å²) in [5, 5.41) is 5.35. The van der Waals surface area contributed by atoms with Gasteiger partial charge in [0.25, 0.3) is 0 Å². The van der Waals surface area contributed by atoms with E-state index < -0.39 is 6.03 Å². The first kappa shape index (κ1) is 20.2. The van der Waals surface area contributed by atoms with Gasteiger partial charge < -0.3 is 21.3 Å². The number of hydrogen-bond donors (Lipinski definition) is 3. The Bertz CT molecular complexity index is 639. The van der Waals surface area contributed by atoms with Crippen LogP contribution in [0.1, 0.15) is 44.2 Å². The molecular formula is C17H27ClN6O2. The number of urea groups is 1. The Hall–Kier alpha value is -2.09. The SMILES string of the molecule is CCC[C@H]1CN(c2cc(C3CC3)ncn2)C[C@@H]1NC(=O)CNC(N)=O.Cl. The Morgan fingerprint density at radius 1 is 1.31 bits per heavy atom. The van der Waals surface area contributed by atoms with Gasteiger partial charge in [0.05, 0.1) is 12.6 Å². The molecule has 0 aromatic carbocycles. The molecule has 1 aromatic heterocycles. The van der Waals surface area contributed by atoms with E-state index in [1.54, 1.807) is 6.33 Å². The first-order valence-electron chi connectivity index (χ1n) is 8.96. The van der Waals surface area contributed by atoms with Crippen LogP contribution in [-0.4, -0.2) is 47.6 Å². The van der Waals surface area contributed by atoms with E-state index in [0.29, 0.717) is 18.4 Å². The molecule has 1 aromatic rings. The summed E-state index contributed by atoms with van der Waals surface area (Å²) in [4.78, 5) is 33.8. The Balaban J connectivity index is 0.00000243. The van der Waals surface area contributed by atoms with Gasteiger partial charge in [-0.3, -0.25) is 4.79 Å². The van der Waals surface area contributed by atoms with Crippen molar-refractivity contribution in [2.45, 2.75) is 44.6 Å². The maximum Gasteiger partial charge on any atom is 0.312 e. The zero-order valence-electron chi connectivity index (χ0n) is 15.0. The topological polar surface area (TPSA) is 113 Å². The van der Waals surface area contributed by atoms with Crippen LogP contribution in [0.3, 0.4) is 0 Å². The Labute approximate surface area is 159 Å². The Morgan fingerprint density at radius 2 is 2.08 bits per heavy atom. The third-order valence-electron chi connectivity index (χ3n) is 4.86. The number of rotatable bonds is 7. The van der Waals surface area contributed by atoms with E-state index in [0.717, 1.165) is 30.9 Å². The van der Waals surface area contributed by atoms with Crippen LogP contribution in [0.2, 0.25) is 0 Å². The number of primary amides is 1. The van der Waals surface area contributed by atoms with Crippen LogP contribution in [0.5, 0.6) is 0 Å². The van der Waals surface area contributed by atoms with Crippen LogP contribution in [0.25, 0.3) is 0 Å². The largest absolute Gasteiger partial charge is 0.354 e. The van der Waals surface area contributed by atoms with E-state index in [1.807, 2.05) is 0 Å². The first-order chi connectivity index (χ1) is 12.1. The Morgan fingerprint density at radius 3 is 2.73 bits per heavy atom. The molecule has 1 aliphatic carbocycles. The van der Waals surface area contributed by atoms with Gasteiger partial charge in [-0.15, -0.1) is 12.4 Å². The lowest BCUT2D eigenvalue weighted by Crippen LogP contribution is -2.46. The van der Waals surface area contributed by atoms with Gasteiger partial charge in [-0.2, -0.15) is 0 Å². The van der Waals surface area contributed by atoms with Crippen LogP contribution in [0, 0.1) is 5.92 Å². The predicted octanol–water partition coefficient (Wildman–Crippen LogP) is 1.17. The average Bonchev–Trinajstić information content (AvgIpc) is 3.37. The molecule has 2 heterocycles. The van der Waals surface area contributed by atoms with E-state index in [-0.39, 0.29) is 30.9 Å². The molecule has 0 bridgehead atoms. The zero-order valence-corrected chi connectivity index (χ0v) is 15.8. The highest BCUT2D eigenvalue weighted by molar-refractivity contribution is 5.85. The number of amides is 3. The quantitative estimate of drug-likeness (QED) is 0.655. The van der Waals surface area contributed by atoms with E-state index in [9.17, 15) is 9.59 Å². The van der Waals surface area contributed by atoms with Gasteiger partial charge in [0.2, 0.25) is 5.91 Å². The third-order valence-corrected chi connectivity index (χ3v) is 4.86. The lowest BCUT2D eigenvalue weighted by Gasteiger charge is -2.19. The van der Waals surface area contributed by atoms with Gasteiger partial charge in [-0.25, -0.2) is 14.8 Å². The van der Waals surface area contributed by atoms with Crippen molar-refractivity contribution in [3.8, 4) is 0 Å². The lowest BCUT2D eigenvalue weighted by atomic mass is 9.98. The summed E-state index contributed by atoms with van der Waals surface area (Å²) in [5.41, 5.74) is 6.13. The third kappa shape index (κ3) is 5.20. The molecule has 2 fully saturated rings. The van der Waals surface area contributed by atoms with Crippen LogP contribution in [0.15, 0.2) is 12.4 Å².